The third kappa shape index (κ3) is 3.41. The molecule has 0 spiro atoms. The van der Waals surface area contributed by atoms with E-state index >= 15 is 0 Å². The zero-order chi connectivity index (χ0) is 17.9. The van der Waals surface area contributed by atoms with Crippen molar-refractivity contribution >= 4 is 5.91 Å². The number of benzene rings is 1. The first-order valence-corrected chi connectivity index (χ1v) is 9.39. The highest BCUT2D eigenvalue weighted by molar-refractivity contribution is 5.95. The maximum Gasteiger partial charge on any atom is 0.254 e. The van der Waals surface area contributed by atoms with E-state index in [-0.39, 0.29) is 11.9 Å². The number of aryl methyl sites for hydroxylation is 2. The molecule has 0 radical (unpaired) electrons. The second-order valence-corrected chi connectivity index (χ2v) is 7.00. The van der Waals surface area contributed by atoms with Gasteiger partial charge >= 0.3 is 0 Å². The highest BCUT2D eigenvalue weighted by atomic mass is 16.6. The highest BCUT2D eigenvalue weighted by Crippen LogP contribution is 2.32. The summed E-state index contributed by atoms with van der Waals surface area (Å²) in [4.78, 5) is 19.6. The van der Waals surface area contributed by atoms with Crippen LogP contribution in [0.2, 0.25) is 0 Å². The fraction of sp³-hybridized carbons (Fsp3) is 0.500. The van der Waals surface area contributed by atoms with E-state index in [4.69, 9.17) is 9.47 Å². The van der Waals surface area contributed by atoms with Crippen LogP contribution in [0.15, 0.2) is 30.6 Å². The molecule has 1 amide bonds. The molecule has 2 aliphatic heterocycles. The van der Waals surface area contributed by atoms with E-state index in [0.717, 1.165) is 43.8 Å². The second kappa shape index (κ2) is 7.40. The van der Waals surface area contributed by atoms with E-state index in [1.54, 1.807) is 0 Å². The molecule has 1 aromatic heterocycles. The number of fused-ring (bicyclic) bond motifs is 1. The molecule has 4 rings (SSSR count). The molecule has 2 aliphatic rings. The van der Waals surface area contributed by atoms with Gasteiger partial charge in [-0.2, -0.15) is 0 Å². The van der Waals surface area contributed by atoms with Crippen LogP contribution < -0.4 is 9.47 Å². The molecule has 138 valence electrons. The van der Waals surface area contributed by atoms with Crippen LogP contribution in [-0.2, 0) is 13.5 Å². The van der Waals surface area contributed by atoms with Crippen molar-refractivity contribution in [2.75, 3.05) is 19.8 Å². The van der Waals surface area contributed by atoms with Crippen molar-refractivity contribution in [2.24, 2.45) is 7.05 Å². The van der Waals surface area contributed by atoms with Crippen LogP contribution in [0, 0.1) is 0 Å². The zero-order valence-electron chi connectivity index (χ0n) is 15.2. The quantitative estimate of drug-likeness (QED) is 0.846. The van der Waals surface area contributed by atoms with Gasteiger partial charge in [0.25, 0.3) is 5.91 Å². The lowest BCUT2D eigenvalue weighted by atomic mass is 9.96. The molecule has 3 heterocycles. The van der Waals surface area contributed by atoms with Crippen LogP contribution in [0.3, 0.4) is 0 Å². The second-order valence-electron chi connectivity index (χ2n) is 7.00. The minimum atomic E-state index is 0.0894. The maximum atomic E-state index is 13.1. The van der Waals surface area contributed by atoms with Gasteiger partial charge in [0.15, 0.2) is 11.5 Å². The van der Waals surface area contributed by atoms with Gasteiger partial charge in [-0.15, -0.1) is 0 Å². The Balaban J connectivity index is 1.48. The summed E-state index contributed by atoms with van der Waals surface area (Å²) in [7, 11) is 2.02. The minimum Gasteiger partial charge on any atom is -0.486 e. The number of hydrogen-bond acceptors (Lipinski definition) is 4. The third-order valence-electron chi connectivity index (χ3n) is 5.30. The lowest BCUT2D eigenvalue weighted by Crippen LogP contribution is -2.44. The van der Waals surface area contributed by atoms with Crippen LogP contribution in [0.5, 0.6) is 11.5 Å². The van der Waals surface area contributed by atoms with Gasteiger partial charge in [-0.3, -0.25) is 4.79 Å². The lowest BCUT2D eigenvalue weighted by molar-refractivity contribution is 0.0600. The number of ether oxygens (including phenoxy) is 2. The number of aromatic nitrogens is 2. The Hall–Kier alpha value is -2.50. The molecule has 1 saturated heterocycles. The largest absolute Gasteiger partial charge is 0.486 e. The first-order chi connectivity index (χ1) is 12.7. The summed E-state index contributed by atoms with van der Waals surface area (Å²) >= 11 is 0. The van der Waals surface area contributed by atoms with E-state index in [1.807, 2.05) is 42.5 Å². The SMILES string of the molecule is Cn1ccnc1CCC1CCCCN1C(=O)c1ccc2c(c1)OCCO2. The van der Waals surface area contributed by atoms with Gasteiger partial charge in [0.2, 0.25) is 0 Å². The van der Waals surface area contributed by atoms with E-state index in [0.29, 0.717) is 24.5 Å². The predicted octanol–water partition coefficient (Wildman–Crippen LogP) is 2.82. The van der Waals surface area contributed by atoms with E-state index < -0.39 is 0 Å². The van der Waals surface area contributed by atoms with Crippen LogP contribution in [0.1, 0.15) is 41.9 Å². The molecule has 1 atom stereocenters. The van der Waals surface area contributed by atoms with Crippen molar-refractivity contribution in [3.05, 3.63) is 42.0 Å². The van der Waals surface area contributed by atoms with E-state index in [9.17, 15) is 4.79 Å². The number of carbonyl (C=O) groups is 1. The van der Waals surface area contributed by atoms with Gasteiger partial charge in [0.1, 0.15) is 19.0 Å². The van der Waals surface area contributed by atoms with Gasteiger partial charge < -0.3 is 18.9 Å². The van der Waals surface area contributed by atoms with Crippen molar-refractivity contribution in [3.63, 3.8) is 0 Å². The number of imidazole rings is 1. The molecule has 0 saturated carbocycles. The van der Waals surface area contributed by atoms with Crippen molar-refractivity contribution in [2.45, 2.75) is 38.1 Å². The molecule has 6 heteroatoms. The lowest BCUT2D eigenvalue weighted by Gasteiger charge is -2.36. The summed E-state index contributed by atoms with van der Waals surface area (Å²) in [5.41, 5.74) is 0.679. The highest BCUT2D eigenvalue weighted by Gasteiger charge is 2.28. The fourth-order valence-corrected chi connectivity index (χ4v) is 3.84. The molecule has 6 nitrogen and oxygen atoms in total. The summed E-state index contributed by atoms with van der Waals surface area (Å²) in [5, 5.41) is 0. The van der Waals surface area contributed by atoms with Gasteiger partial charge in [-0.1, -0.05) is 0 Å². The molecule has 1 fully saturated rings. The number of rotatable bonds is 4. The molecule has 2 aromatic rings. The van der Waals surface area contributed by atoms with Crippen LogP contribution in [0.25, 0.3) is 0 Å². The van der Waals surface area contributed by atoms with E-state index in [2.05, 4.69) is 9.55 Å². The molecule has 26 heavy (non-hydrogen) atoms. The van der Waals surface area contributed by atoms with Crippen molar-refractivity contribution in [3.8, 4) is 11.5 Å². The topological polar surface area (TPSA) is 56.6 Å². The normalized spacial score (nSPS) is 19.4. The molecule has 0 bridgehead atoms. The fourth-order valence-electron chi connectivity index (χ4n) is 3.84. The van der Waals surface area contributed by atoms with Crippen molar-refractivity contribution in [1.29, 1.82) is 0 Å². The molecular formula is C20H25N3O3. The minimum absolute atomic E-state index is 0.0894. The standard InChI is InChI=1S/C20H25N3O3/c1-22-11-9-21-19(22)8-6-16-4-2-3-10-23(16)20(24)15-5-7-17-18(14-15)26-13-12-25-17/h5,7,9,11,14,16H,2-4,6,8,10,12-13H2,1H3. The number of likely N-dealkylation sites (tertiary alicyclic amines) is 1. The summed E-state index contributed by atoms with van der Waals surface area (Å²) in [6.45, 7) is 1.90. The Bertz CT molecular complexity index is 786. The number of amides is 1. The van der Waals surface area contributed by atoms with Crippen LogP contribution in [0.4, 0.5) is 0 Å². The van der Waals surface area contributed by atoms with Gasteiger partial charge in [0, 0.05) is 44.0 Å². The first-order valence-electron chi connectivity index (χ1n) is 9.39. The van der Waals surface area contributed by atoms with Gasteiger partial charge in [-0.25, -0.2) is 4.98 Å². The van der Waals surface area contributed by atoms with Crippen LogP contribution in [-0.4, -0.2) is 46.2 Å². The molecule has 1 aromatic carbocycles. The Morgan fingerprint density at radius 3 is 2.88 bits per heavy atom. The average Bonchev–Trinajstić information content (AvgIpc) is 3.10. The molecule has 0 N–H and O–H groups in total. The summed E-state index contributed by atoms with van der Waals surface area (Å²) in [6, 6.07) is 5.77. The number of nitrogens with zero attached hydrogens (tertiary/aromatic N) is 3. The van der Waals surface area contributed by atoms with Crippen molar-refractivity contribution in [1.82, 2.24) is 14.5 Å². The first kappa shape index (κ1) is 16.9. The number of hydrogen-bond donors (Lipinski definition) is 0. The van der Waals surface area contributed by atoms with E-state index in [1.165, 1.54) is 6.42 Å². The Morgan fingerprint density at radius 2 is 2.08 bits per heavy atom. The zero-order valence-corrected chi connectivity index (χ0v) is 15.2. The smallest absolute Gasteiger partial charge is 0.254 e. The number of carbonyl (C=O) groups excluding carboxylic acids is 1. The predicted molar refractivity (Wildman–Crippen MR) is 97.6 cm³/mol. The Kier molecular flexibility index (Phi) is 4.82. The summed E-state index contributed by atoms with van der Waals surface area (Å²) in [6.07, 6.45) is 8.93. The van der Waals surface area contributed by atoms with Crippen LogP contribution >= 0.6 is 0 Å². The summed E-state index contributed by atoms with van der Waals surface area (Å²) < 4.78 is 13.2. The summed E-state index contributed by atoms with van der Waals surface area (Å²) in [5.74, 6) is 2.55. The monoisotopic (exact) mass is 355 g/mol. The molecule has 0 aliphatic carbocycles. The third-order valence-corrected chi connectivity index (χ3v) is 5.30. The number of piperidine rings is 1. The Morgan fingerprint density at radius 1 is 1.23 bits per heavy atom. The molecular weight excluding hydrogens is 330 g/mol. The van der Waals surface area contributed by atoms with Gasteiger partial charge in [0.05, 0.1) is 0 Å². The molecule has 1 unspecified atom stereocenters. The average molecular weight is 355 g/mol. The van der Waals surface area contributed by atoms with Crippen molar-refractivity contribution < 1.29 is 14.3 Å². The maximum absolute atomic E-state index is 13.1. The van der Waals surface area contributed by atoms with Gasteiger partial charge in [-0.05, 0) is 43.9 Å². The Labute approximate surface area is 153 Å².